The van der Waals surface area contributed by atoms with E-state index in [4.69, 9.17) is 4.74 Å². The molecule has 2 aliphatic rings. The van der Waals surface area contributed by atoms with E-state index in [1.165, 1.54) is 0 Å². The van der Waals surface area contributed by atoms with E-state index in [-0.39, 0.29) is 0 Å². The van der Waals surface area contributed by atoms with Gasteiger partial charge in [-0.25, -0.2) is 0 Å². The molecule has 0 spiro atoms. The average molecular weight is 431 g/mol. The summed E-state index contributed by atoms with van der Waals surface area (Å²) in [5.74, 6) is 1.54. The molecule has 0 bridgehead atoms. The molecule has 0 amide bonds. The van der Waals surface area contributed by atoms with Crippen molar-refractivity contribution >= 4 is 46.1 Å². The Balaban J connectivity index is 1.32. The summed E-state index contributed by atoms with van der Waals surface area (Å²) in [5.41, 5.74) is 6.44. The summed E-state index contributed by atoms with van der Waals surface area (Å²) in [6, 6.07) is 39.4. The minimum absolute atomic E-state index is 0.769. The largest absolute Gasteiger partial charge is 0.496 e. The van der Waals surface area contributed by atoms with Gasteiger partial charge in [-0.05, 0) is 21.3 Å². The highest BCUT2D eigenvalue weighted by molar-refractivity contribution is 5.75. The molecule has 33 heavy (non-hydrogen) atoms. The Bertz CT molecular complexity index is 1470. The van der Waals surface area contributed by atoms with Gasteiger partial charge in [0.05, 0.1) is 12.1 Å². The molecule has 0 saturated carbocycles. The summed E-state index contributed by atoms with van der Waals surface area (Å²) >= 11 is 0. The first kappa shape index (κ1) is 19.1. The van der Waals surface area contributed by atoms with Crippen LogP contribution in [0.4, 0.5) is 34.1 Å². The van der Waals surface area contributed by atoms with Gasteiger partial charge in [-0.2, -0.15) is 0 Å². The van der Waals surface area contributed by atoms with Crippen LogP contribution in [0.5, 0.6) is 11.5 Å². The van der Waals surface area contributed by atoms with Gasteiger partial charge < -0.3 is 4.74 Å². The summed E-state index contributed by atoms with van der Waals surface area (Å²) < 4.78 is 14.4. The molecule has 4 aromatic rings. The molecule has 0 aliphatic carbocycles. The maximum absolute atomic E-state index is 6.27. The second-order valence-electron chi connectivity index (χ2n) is 8.06. The fourth-order valence-electron chi connectivity index (χ4n) is 4.29. The van der Waals surface area contributed by atoms with Crippen LogP contribution in [0.1, 0.15) is 0 Å². The summed E-state index contributed by atoms with van der Waals surface area (Å²) in [6.07, 6.45) is 0. The Kier molecular flexibility index (Phi) is 4.38. The highest BCUT2D eigenvalue weighted by atomic mass is 16.5. The van der Waals surface area contributed by atoms with Crippen molar-refractivity contribution in [1.82, 2.24) is 9.15 Å². The second-order valence-corrected chi connectivity index (χ2v) is 8.06. The normalized spacial score (nSPS) is 13.5. The summed E-state index contributed by atoms with van der Waals surface area (Å²) in [4.78, 5) is 0. The standard InChI is InChI=1S/C28H22N4O/c1-29-19-31(27-15-5-3-13-25(27)29)21-9-7-11-23(17-21)33-24-12-8-10-22(18-24)32-20-30(2)26-14-4-6-16-28(26)32/h3-18H,1-2H3/q+4. The van der Waals surface area contributed by atoms with Gasteiger partial charge in [-0.3, -0.25) is 0 Å². The SMILES string of the molecule is C[N+]1=C=[N+](c2cccc(Oc3cccc([N+]4=C=[N+](C)c5ccccc54)c3)c2)c2ccccc21. The maximum Gasteiger partial charge on any atom is 0.496 e. The van der Waals surface area contributed by atoms with Crippen LogP contribution < -0.4 is 13.9 Å². The number of fused-ring (bicyclic) bond motifs is 2. The average Bonchev–Trinajstić information content (AvgIpc) is 3.37. The Hall–Kier alpha value is -4.56. The molecule has 0 atom stereocenters. The molecule has 5 nitrogen and oxygen atoms in total. The molecule has 5 heteroatoms. The Morgan fingerprint density at radius 1 is 0.515 bits per heavy atom. The van der Waals surface area contributed by atoms with E-state index in [0.29, 0.717) is 0 Å². The zero-order valence-electron chi connectivity index (χ0n) is 18.4. The van der Waals surface area contributed by atoms with Gasteiger partial charge in [0.1, 0.15) is 11.5 Å². The number of benzene rings is 4. The van der Waals surface area contributed by atoms with Crippen molar-refractivity contribution in [2.45, 2.75) is 0 Å². The van der Waals surface area contributed by atoms with Gasteiger partial charge in [0, 0.05) is 36.4 Å². The fourth-order valence-corrected chi connectivity index (χ4v) is 4.29. The molecule has 4 aromatic carbocycles. The van der Waals surface area contributed by atoms with E-state index in [1.54, 1.807) is 0 Å². The van der Waals surface area contributed by atoms with E-state index in [9.17, 15) is 0 Å². The van der Waals surface area contributed by atoms with E-state index in [2.05, 4.69) is 57.6 Å². The number of hydrogen-bond donors (Lipinski definition) is 0. The molecule has 0 unspecified atom stereocenters. The molecule has 0 aromatic heterocycles. The van der Waals surface area contributed by atoms with Crippen LogP contribution in [0, 0.1) is 0 Å². The van der Waals surface area contributed by atoms with E-state index in [0.717, 1.165) is 45.6 Å². The Morgan fingerprint density at radius 2 is 0.939 bits per heavy atom. The highest BCUT2D eigenvalue weighted by Gasteiger charge is 2.33. The molecule has 0 saturated heterocycles. The third-order valence-electron chi connectivity index (χ3n) is 5.86. The lowest BCUT2D eigenvalue weighted by atomic mass is 10.2. The Morgan fingerprint density at radius 3 is 1.39 bits per heavy atom. The van der Waals surface area contributed by atoms with Crippen molar-refractivity contribution < 1.29 is 13.9 Å². The number of rotatable bonds is 4. The minimum Gasteiger partial charge on any atom is -0.457 e. The lowest BCUT2D eigenvalue weighted by Crippen LogP contribution is -2.00. The van der Waals surface area contributed by atoms with Crippen molar-refractivity contribution in [3.8, 4) is 11.5 Å². The van der Waals surface area contributed by atoms with Crippen molar-refractivity contribution in [3.05, 3.63) is 97.1 Å². The number of ether oxygens (including phenoxy) is 1. The molecule has 6 rings (SSSR count). The van der Waals surface area contributed by atoms with Crippen LogP contribution >= 0.6 is 0 Å². The highest BCUT2D eigenvalue weighted by Crippen LogP contribution is 2.36. The lowest BCUT2D eigenvalue weighted by Gasteiger charge is -2.05. The molecule has 0 fully saturated rings. The van der Waals surface area contributed by atoms with Gasteiger partial charge >= 0.3 is 12.0 Å². The molecule has 2 aliphatic heterocycles. The third-order valence-corrected chi connectivity index (χ3v) is 5.86. The van der Waals surface area contributed by atoms with Crippen LogP contribution in [0.3, 0.4) is 0 Å². The van der Waals surface area contributed by atoms with Gasteiger partial charge in [-0.1, -0.05) is 45.5 Å². The summed E-state index contributed by atoms with van der Waals surface area (Å²) in [7, 11) is 4.01. The van der Waals surface area contributed by atoms with Crippen LogP contribution in [0.25, 0.3) is 0 Å². The molecule has 0 N–H and O–H groups in total. The van der Waals surface area contributed by atoms with Crippen molar-refractivity contribution in [1.29, 1.82) is 0 Å². The smallest absolute Gasteiger partial charge is 0.457 e. The number of para-hydroxylation sites is 4. The fraction of sp³-hybridized carbons (Fsp3) is 0.0714. The predicted molar refractivity (Wildman–Crippen MR) is 130 cm³/mol. The van der Waals surface area contributed by atoms with Crippen molar-refractivity contribution in [3.63, 3.8) is 0 Å². The first-order valence-electron chi connectivity index (χ1n) is 10.8. The maximum atomic E-state index is 6.27. The van der Waals surface area contributed by atoms with E-state index in [1.807, 2.05) is 83.9 Å². The quantitative estimate of drug-likeness (QED) is 0.360. The van der Waals surface area contributed by atoms with Crippen LogP contribution in [-0.2, 0) is 0 Å². The van der Waals surface area contributed by atoms with Gasteiger partial charge in [-0.15, -0.1) is 0 Å². The first-order valence-corrected chi connectivity index (χ1v) is 10.8. The van der Waals surface area contributed by atoms with E-state index >= 15 is 0 Å². The third kappa shape index (κ3) is 3.29. The number of hydrogen-bond acceptors (Lipinski definition) is 1. The number of nitrogens with zero attached hydrogens (tertiary/aromatic N) is 4. The van der Waals surface area contributed by atoms with Gasteiger partial charge in [0.25, 0.3) is 22.7 Å². The molecule has 2 heterocycles. The Labute approximate surface area is 192 Å². The van der Waals surface area contributed by atoms with Crippen LogP contribution in [-0.4, -0.2) is 35.3 Å². The summed E-state index contributed by atoms with van der Waals surface area (Å²) in [5, 5.41) is 0. The predicted octanol–water partition coefficient (Wildman–Crippen LogP) is 6.07. The molecule has 0 radical (unpaired) electrons. The molecular formula is C28H22N4O+4. The summed E-state index contributed by atoms with van der Waals surface area (Å²) in [6.45, 7) is 0. The molecular weight excluding hydrogens is 408 g/mol. The zero-order valence-corrected chi connectivity index (χ0v) is 18.4. The van der Waals surface area contributed by atoms with Crippen molar-refractivity contribution in [2.75, 3.05) is 14.1 Å². The monoisotopic (exact) mass is 430 g/mol. The van der Waals surface area contributed by atoms with Gasteiger partial charge in [0.15, 0.2) is 14.1 Å². The minimum atomic E-state index is 0.769. The van der Waals surface area contributed by atoms with E-state index < -0.39 is 0 Å². The molecule has 156 valence electrons. The topological polar surface area (TPSA) is 21.3 Å². The van der Waals surface area contributed by atoms with Gasteiger partial charge in [0.2, 0.25) is 11.4 Å². The van der Waals surface area contributed by atoms with Crippen LogP contribution in [0.15, 0.2) is 97.1 Å². The second kappa shape index (κ2) is 7.54. The lowest BCUT2D eigenvalue weighted by molar-refractivity contribution is -0.394. The first-order chi connectivity index (χ1) is 16.2. The van der Waals surface area contributed by atoms with Crippen LogP contribution in [0.2, 0.25) is 0 Å². The zero-order chi connectivity index (χ0) is 22.4. The van der Waals surface area contributed by atoms with Crippen molar-refractivity contribution in [2.24, 2.45) is 0 Å².